The van der Waals surface area contributed by atoms with Crippen molar-refractivity contribution in [3.63, 3.8) is 0 Å². The molecule has 0 unspecified atom stereocenters. The summed E-state index contributed by atoms with van der Waals surface area (Å²) in [6.45, 7) is 5.05. The second-order valence-electron chi connectivity index (χ2n) is 5.02. The first-order valence-electron chi connectivity index (χ1n) is 6.90. The number of hydrogen-bond acceptors (Lipinski definition) is 3. The molecule has 0 aliphatic carbocycles. The molecule has 2 rings (SSSR count). The van der Waals surface area contributed by atoms with Crippen molar-refractivity contribution in [1.29, 1.82) is 0 Å². The molecule has 5 nitrogen and oxygen atoms in total. The zero-order chi connectivity index (χ0) is 15.6. The van der Waals surface area contributed by atoms with E-state index in [4.69, 9.17) is 0 Å². The van der Waals surface area contributed by atoms with Crippen molar-refractivity contribution in [3.8, 4) is 0 Å². The summed E-state index contributed by atoms with van der Waals surface area (Å²) in [4.78, 5) is 13.4. The topological polar surface area (TPSA) is 57.7 Å². The van der Waals surface area contributed by atoms with Crippen LogP contribution in [0.5, 0.6) is 0 Å². The fourth-order valence-electron chi connectivity index (χ4n) is 2.46. The van der Waals surface area contributed by atoms with Crippen LogP contribution in [0.15, 0.2) is 27.6 Å². The molecule has 0 aromatic heterocycles. The van der Waals surface area contributed by atoms with Crippen LogP contribution in [0.25, 0.3) is 0 Å². The second kappa shape index (κ2) is 6.46. The molecule has 0 radical (unpaired) electrons. The van der Waals surface area contributed by atoms with Gasteiger partial charge in [-0.3, -0.25) is 4.79 Å². The second-order valence-corrected chi connectivity index (χ2v) is 7.84. The minimum atomic E-state index is -3.50. The van der Waals surface area contributed by atoms with Gasteiger partial charge < -0.3 is 4.90 Å². The number of hydrogen-bond donors (Lipinski definition) is 0. The molecule has 1 fully saturated rings. The molecule has 0 bridgehead atoms. The molecule has 0 N–H and O–H groups in total. The Hall–Kier alpha value is -0.920. The van der Waals surface area contributed by atoms with Crippen LogP contribution in [0.2, 0.25) is 0 Å². The highest BCUT2D eigenvalue weighted by Crippen LogP contribution is 2.25. The van der Waals surface area contributed by atoms with Crippen LogP contribution >= 0.6 is 15.9 Å². The van der Waals surface area contributed by atoms with Crippen molar-refractivity contribution in [2.75, 3.05) is 26.2 Å². The lowest BCUT2D eigenvalue weighted by Crippen LogP contribution is -2.50. The maximum absolute atomic E-state index is 12.8. The summed E-state index contributed by atoms with van der Waals surface area (Å²) >= 11 is 3.37. The lowest BCUT2D eigenvalue weighted by atomic mass is 10.2. The van der Waals surface area contributed by atoms with E-state index in [0.717, 1.165) is 10.0 Å². The summed E-state index contributed by atoms with van der Waals surface area (Å²) in [6.07, 6.45) is 0.654. The SMILES string of the molecule is CCc1cc(Br)ccc1S(=O)(=O)N1CCN(C(C)=O)CC1. The number of sulfonamides is 1. The van der Waals surface area contributed by atoms with Crippen molar-refractivity contribution in [2.45, 2.75) is 25.2 Å². The van der Waals surface area contributed by atoms with Gasteiger partial charge in [0, 0.05) is 37.6 Å². The number of halogens is 1. The Morgan fingerprint density at radius 1 is 1.24 bits per heavy atom. The average Bonchev–Trinajstić information content (AvgIpc) is 2.46. The molecule has 1 aromatic carbocycles. The Bertz CT molecular complexity index is 638. The summed E-state index contributed by atoms with van der Waals surface area (Å²) in [6, 6.07) is 5.24. The van der Waals surface area contributed by atoms with E-state index in [1.54, 1.807) is 17.0 Å². The number of rotatable bonds is 3. The third-order valence-electron chi connectivity index (χ3n) is 3.71. The molecule has 0 spiro atoms. The number of aryl methyl sites for hydroxylation is 1. The van der Waals surface area contributed by atoms with Crippen molar-refractivity contribution < 1.29 is 13.2 Å². The van der Waals surface area contributed by atoms with E-state index in [0.29, 0.717) is 37.5 Å². The van der Waals surface area contributed by atoms with E-state index >= 15 is 0 Å². The highest BCUT2D eigenvalue weighted by molar-refractivity contribution is 9.10. The largest absolute Gasteiger partial charge is 0.340 e. The highest BCUT2D eigenvalue weighted by atomic mass is 79.9. The van der Waals surface area contributed by atoms with E-state index < -0.39 is 10.0 Å². The monoisotopic (exact) mass is 374 g/mol. The predicted molar refractivity (Wildman–Crippen MR) is 84.5 cm³/mol. The predicted octanol–water partition coefficient (Wildman–Crippen LogP) is 1.86. The third kappa shape index (κ3) is 3.46. The van der Waals surface area contributed by atoms with E-state index in [2.05, 4.69) is 15.9 Å². The van der Waals surface area contributed by atoms with Gasteiger partial charge >= 0.3 is 0 Å². The standard InChI is InChI=1S/C14H19BrN2O3S/c1-3-12-10-13(15)4-5-14(12)21(19,20)17-8-6-16(7-9-17)11(2)18/h4-5,10H,3,6-9H2,1-2H3. The van der Waals surface area contributed by atoms with Crippen LogP contribution in [-0.4, -0.2) is 49.7 Å². The Balaban J connectivity index is 2.25. The van der Waals surface area contributed by atoms with Crippen LogP contribution in [0, 0.1) is 0 Å². The van der Waals surface area contributed by atoms with Crippen LogP contribution in [0.3, 0.4) is 0 Å². The van der Waals surface area contributed by atoms with Gasteiger partial charge in [0.05, 0.1) is 4.90 Å². The summed E-state index contributed by atoms with van der Waals surface area (Å²) < 4.78 is 27.9. The van der Waals surface area contributed by atoms with Gasteiger partial charge in [-0.15, -0.1) is 0 Å². The molecule has 1 aromatic rings. The molecule has 116 valence electrons. The number of nitrogens with zero attached hydrogens (tertiary/aromatic N) is 2. The van der Waals surface area contributed by atoms with Gasteiger partial charge in [0.25, 0.3) is 0 Å². The maximum atomic E-state index is 12.8. The maximum Gasteiger partial charge on any atom is 0.243 e. The van der Waals surface area contributed by atoms with Crippen molar-refractivity contribution in [2.24, 2.45) is 0 Å². The Morgan fingerprint density at radius 3 is 2.38 bits per heavy atom. The van der Waals surface area contributed by atoms with Crippen LogP contribution in [-0.2, 0) is 21.2 Å². The van der Waals surface area contributed by atoms with Crippen molar-refractivity contribution in [3.05, 3.63) is 28.2 Å². The zero-order valence-electron chi connectivity index (χ0n) is 12.2. The molecule has 1 amide bonds. The number of piperazine rings is 1. The smallest absolute Gasteiger partial charge is 0.243 e. The normalized spacial score (nSPS) is 17.0. The van der Waals surface area contributed by atoms with Gasteiger partial charge in [0.1, 0.15) is 0 Å². The van der Waals surface area contributed by atoms with Crippen LogP contribution in [0.1, 0.15) is 19.4 Å². The number of carbonyl (C=O) groups excluding carboxylic acids is 1. The van der Waals surface area contributed by atoms with E-state index in [9.17, 15) is 13.2 Å². The molecular weight excluding hydrogens is 356 g/mol. The van der Waals surface area contributed by atoms with E-state index in [-0.39, 0.29) is 5.91 Å². The van der Waals surface area contributed by atoms with Crippen LogP contribution < -0.4 is 0 Å². The van der Waals surface area contributed by atoms with Gasteiger partial charge in [0.15, 0.2) is 0 Å². The van der Waals surface area contributed by atoms with Gasteiger partial charge in [0.2, 0.25) is 15.9 Å². The number of benzene rings is 1. The quantitative estimate of drug-likeness (QED) is 0.811. The zero-order valence-corrected chi connectivity index (χ0v) is 14.6. The molecule has 1 aliphatic heterocycles. The van der Waals surface area contributed by atoms with Crippen molar-refractivity contribution in [1.82, 2.24) is 9.21 Å². The van der Waals surface area contributed by atoms with Gasteiger partial charge in [-0.1, -0.05) is 22.9 Å². The van der Waals surface area contributed by atoms with Gasteiger partial charge in [-0.2, -0.15) is 4.31 Å². The summed E-state index contributed by atoms with van der Waals surface area (Å²) in [7, 11) is -3.50. The summed E-state index contributed by atoms with van der Waals surface area (Å²) in [5.74, 6) is -0.00932. The van der Waals surface area contributed by atoms with Gasteiger partial charge in [-0.05, 0) is 30.2 Å². The average molecular weight is 375 g/mol. The summed E-state index contributed by atoms with van der Waals surface area (Å²) in [5.41, 5.74) is 0.804. The van der Waals surface area contributed by atoms with Crippen molar-refractivity contribution >= 4 is 31.9 Å². The molecule has 1 saturated heterocycles. The Labute approximate surface area is 134 Å². The fourth-order valence-corrected chi connectivity index (χ4v) is 4.56. The lowest BCUT2D eigenvalue weighted by Gasteiger charge is -2.33. The Kier molecular flexibility index (Phi) is 5.06. The number of carbonyl (C=O) groups is 1. The molecule has 1 aliphatic rings. The molecule has 7 heteroatoms. The fraction of sp³-hybridized carbons (Fsp3) is 0.500. The highest BCUT2D eigenvalue weighted by Gasteiger charge is 2.30. The first kappa shape index (κ1) is 16.5. The van der Waals surface area contributed by atoms with E-state index in [1.165, 1.54) is 11.2 Å². The molecule has 1 heterocycles. The van der Waals surface area contributed by atoms with Gasteiger partial charge in [-0.25, -0.2) is 8.42 Å². The molecule has 0 saturated carbocycles. The lowest BCUT2D eigenvalue weighted by molar-refractivity contribution is -0.129. The number of amides is 1. The Morgan fingerprint density at radius 2 is 1.86 bits per heavy atom. The summed E-state index contributed by atoms with van der Waals surface area (Å²) in [5, 5.41) is 0. The minimum absolute atomic E-state index is 0.00932. The first-order valence-corrected chi connectivity index (χ1v) is 9.13. The molecular formula is C14H19BrN2O3S. The molecule has 0 atom stereocenters. The van der Waals surface area contributed by atoms with Crippen LogP contribution in [0.4, 0.5) is 0 Å². The molecule has 21 heavy (non-hydrogen) atoms. The minimum Gasteiger partial charge on any atom is -0.340 e. The first-order chi connectivity index (χ1) is 9.86. The van der Waals surface area contributed by atoms with E-state index in [1.807, 2.05) is 13.0 Å². The third-order valence-corrected chi connectivity index (χ3v) is 6.20.